The first-order valence-corrected chi connectivity index (χ1v) is 4.35. The molecule has 1 aromatic heterocycles. The van der Waals surface area contributed by atoms with E-state index >= 15 is 0 Å². The Hall–Kier alpha value is -0.600. The largest absolute Gasteiger partial charge is 0.324 e. The number of nitrogens with zero attached hydrogens (tertiary/aromatic N) is 1. The van der Waals surface area contributed by atoms with E-state index in [-0.39, 0.29) is 6.04 Å². The van der Waals surface area contributed by atoms with Crippen molar-refractivity contribution in [3.63, 3.8) is 0 Å². The summed E-state index contributed by atoms with van der Waals surface area (Å²) in [6, 6.07) is 1.87. The van der Waals surface area contributed by atoms with Crippen LogP contribution >= 0.6 is 11.6 Å². The molecule has 66 valence electrons. The Balaban J connectivity index is 2.94. The van der Waals surface area contributed by atoms with Crippen LogP contribution in [0.3, 0.4) is 0 Å². The maximum absolute atomic E-state index is 5.93. The molecule has 2 nitrogen and oxygen atoms in total. The summed E-state index contributed by atoms with van der Waals surface area (Å²) >= 11 is 5.92. The zero-order valence-corrected chi connectivity index (χ0v) is 8.05. The Morgan fingerprint density at radius 3 is 2.67 bits per heavy atom. The SMILES string of the molecule is CC(C)[C@@H](N)c1ccncc1Cl. The minimum absolute atomic E-state index is 0.000463. The molecule has 1 aromatic rings. The second-order valence-electron chi connectivity index (χ2n) is 3.17. The number of rotatable bonds is 2. The van der Waals surface area contributed by atoms with Crippen LogP contribution in [0.1, 0.15) is 25.5 Å². The number of nitrogens with two attached hydrogens (primary N) is 1. The fraction of sp³-hybridized carbons (Fsp3) is 0.444. The van der Waals surface area contributed by atoms with Gasteiger partial charge in [-0.2, -0.15) is 0 Å². The van der Waals surface area contributed by atoms with Gasteiger partial charge in [-0.1, -0.05) is 25.4 Å². The molecule has 0 fully saturated rings. The molecule has 12 heavy (non-hydrogen) atoms. The molecule has 0 saturated carbocycles. The first-order chi connectivity index (χ1) is 5.63. The van der Waals surface area contributed by atoms with Gasteiger partial charge in [0.05, 0.1) is 5.02 Å². The average molecular weight is 185 g/mol. The van der Waals surface area contributed by atoms with Gasteiger partial charge in [-0.15, -0.1) is 0 Å². The smallest absolute Gasteiger partial charge is 0.0637 e. The summed E-state index contributed by atoms with van der Waals surface area (Å²) in [7, 11) is 0. The lowest BCUT2D eigenvalue weighted by Crippen LogP contribution is -2.17. The van der Waals surface area contributed by atoms with Gasteiger partial charge in [-0.3, -0.25) is 4.98 Å². The third-order valence-electron chi connectivity index (χ3n) is 1.88. The number of pyridine rings is 1. The molecule has 2 N–H and O–H groups in total. The van der Waals surface area contributed by atoms with Crippen LogP contribution in [0.5, 0.6) is 0 Å². The Bertz CT molecular complexity index is 260. The predicted molar refractivity (Wildman–Crippen MR) is 51.0 cm³/mol. The summed E-state index contributed by atoms with van der Waals surface area (Å²) in [4.78, 5) is 3.90. The van der Waals surface area contributed by atoms with Gasteiger partial charge in [-0.25, -0.2) is 0 Å². The molecule has 0 bridgehead atoms. The maximum atomic E-state index is 5.93. The van der Waals surface area contributed by atoms with E-state index < -0.39 is 0 Å². The summed E-state index contributed by atoms with van der Waals surface area (Å²) in [6.45, 7) is 4.14. The van der Waals surface area contributed by atoms with Crippen LogP contribution in [-0.2, 0) is 0 Å². The fourth-order valence-corrected chi connectivity index (χ4v) is 1.26. The van der Waals surface area contributed by atoms with Crippen molar-refractivity contribution in [1.82, 2.24) is 4.98 Å². The van der Waals surface area contributed by atoms with Gasteiger partial charge in [0.2, 0.25) is 0 Å². The lowest BCUT2D eigenvalue weighted by molar-refractivity contribution is 0.514. The van der Waals surface area contributed by atoms with Crippen LogP contribution in [0.4, 0.5) is 0 Å². The molecule has 0 amide bonds. The fourth-order valence-electron chi connectivity index (χ4n) is 1.02. The van der Waals surface area contributed by atoms with E-state index in [1.54, 1.807) is 12.4 Å². The highest BCUT2D eigenvalue weighted by Crippen LogP contribution is 2.24. The molecule has 0 radical (unpaired) electrons. The molecular weight excluding hydrogens is 172 g/mol. The van der Waals surface area contributed by atoms with Crippen molar-refractivity contribution in [2.24, 2.45) is 11.7 Å². The molecule has 0 unspecified atom stereocenters. The second-order valence-corrected chi connectivity index (χ2v) is 3.57. The van der Waals surface area contributed by atoms with E-state index in [4.69, 9.17) is 17.3 Å². The summed E-state index contributed by atoms with van der Waals surface area (Å²) in [5.74, 6) is 0.393. The highest BCUT2D eigenvalue weighted by atomic mass is 35.5. The van der Waals surface area contributed by atoms with Crippen molar-refractivity contribution in [3.8, 4) is 0 Å². The first-order valence-electron chi connectivity index (χ1n) is 3.98. The number of hydrogen-bond acceptors (Lipinski definition) is 2. The molecule has 0 aromatic carbocycles. The van der Waals surface area contributed by atoms with Crippen LogP contribution in [0, 0.1) is 5.92 Å². The Morgan fingerprint density at radius 2 is 2.17 bits per heavy atom. The lowest BCUT2D eigenvalue weighted by atomic mass is 9.98. The van der Waals surface area contributed by atoms with E-state index in [0.29, 0.717) is 10.9 Å². The van der Waals surface area contributed by atoms with Gasteiger partial charge in [0.15, 0.2) is 0 Å². The topological polar surface area (TPSA) is 38.9 Å². The lowest BCUT2D eigenvalue weighted by Gasteiger charge is -2.16. The third-order valence-corrected chi connectivity index (χ3v) is 2.20. The summed E-state index contributed by atoms with van der Waals surface area (Å²) < 4.78 is 0. The molecule has 1 atom stereocenters. The van der Waals surface area contributed by atoms with Crippen molar-refractivity contribution in [3.05, 3.63) is 29.0 Å². The summed E-state index contributed by atoms with van der Waals surface area (Å²) in [5, 5.41) is 0.652. The van der Waals surface area contributed by atoms with Crippen LogP contribution in [0.15, 0.2) is 18.5 Å². The standard InChI is InChI=1S/C9H13ClN2/c1-6(2)9(11)7-3-4-12-5-8(7)10/h3-6,9H,11H2,1-2H3/t9-/m1/s1. The van der Waals surface area contributed by atoms with Crippen molar-refractivity contribution in [1.29, 1.82) is 0 Å². The monoisotopic (exact) mass is 184 g/mol. The molecule has 1 heterocycles. The van der Waals surface area contributed by atoms with Gasteiger partial charge in [0.1, 0.15) is 0 Å². The van der Waals surface area contributed by atoms with Crippen molar-refractivity contribution in [2.75, 3.05) is 0 Å². The highest BCUT2D eigenvalue weighted by Gasteiger charge is 2.12. The first kappa shape index (κ1) is 9.49. The molecule has 3 heteroatoms. The number of halogens is 1. The minimum atomic E-state index is 0.000463. The zero-order chi connectivity index (χ0) is 9.14. The normalized spacial score (nSPS) is 13.4. The Labute approximate surface area is 77.8 Å². The van der Waals surface area contributed by atoms with Gasteiger partial charge in [-0.05, 0) is 17.5 Å². The van der Waals surface area contributed by atoms with Gasteiger partial charge in [0.25, 0.3) is 0 Å². The Kier molecular flexibility index (Phi) is 3.06. The van der Waals surface area contributed by atoms with E-state index in [9.17, 15) is 0 Å². The maximum Gasteiger partial charge on any atom is 0.0637 e. The third kappa shape index (κ3) is 1.96. The predicted octanol–water partition coefficient (Wildman–Crippen LogP) is 2.39. The molecule has 0 aliphatic heterocycles. The number of aromatic nitrogens is 1. The van der Waals surface area contributed by atoms with Gasteiger partial charge >= 0.3 is 0 Å². The summed E-state index contributed by atoms with van der Waals surface area (Å²) in [5.41, 5.74) is 6.90. The molecule has 0 spiro atoms. The summed E-state index contributed by atoms with van der Waals surface area (Å²) in [6.07, 6.45) is 3.34. The van der Waals surface area contributed by atoms with Crippen LogP contribution in [0.2, 0.25) is 5.02 Å². The highest BCUT2D eigenvalue weighted by molar-refractivity contribution is 6.31. The second kappa shape index (κ2) is 3.87. The van der Waals surface area contributed by atoms with E-state index in [1.807, 2.05) is 6.07 Å². The van der Waals surface area contributed by atoms with E-state index in [2.05, 4.69) is 18.8 Å². The van der Waals surface area contributed by atoms with Gasteiger partial charge < -0.3 is 5.73 Å². The van der Waals surface area contributed by atoms with Crippen molar-refractivity contribution >= 4 is 11.6 Å². The van der Waals surface area contributed by atoms with Crippen molar-refractivity contribution in [2.45, 2.75) is 19.9 Å². The minimum Gasteiger partial charge on any atom is -0.324 e. The Morgan fingerprint density at radius 1 is 1.50 bits per heavy atom. The molecule has 0 saturated heterocycles. The average Bonchev–Trinajstić information content (AvgIpc) is 2.04. The molecule has 0 aliphatic carbocycles. The quantitative estimate of drug-likeness (QED) is 0.767. The van der Waals surface area contributed by atoms with Crippen molar-refractivity contribution < 1.29 is 0 Å². The van der Waals surface area contributed by atoms with Gasteiger partial charge in [0, 0.05) is 18.4 Å². The van der Waals surface area contributed by atoms with E-state index in [0.717, 1.165) is 5.56 Å². The number of hydrogen-bond donors (Lipinski definition) is 1. The van der Waals surface area contributed by atoms with Crippen LogP contribution in [-0.4, -0.2) is 4.98 Å². The zero-order valence-electron chi connectivity index (χ0n) is 7.29. The van der Waals surface area contributed by atoms with E-state index in [1.165, 1.54) is 0 Å². The van der Waals surface area contributed by atoms with Crippen LogP contribution in [0.25, 0.3) is 0 Å². The molecule has 0 aliphatic rings. The molecular formula is C9H13ClN2. The molecule has 1 rings (SSSR count). The van der Waals surface area contributed by atoms with Crippen LogP contribution < -0.4 is 5.73 Å².